The number of nitrogens with zero attached hydrogens (tertiary/aromatic N) is 6. The molecule has 4 unspecified atom stereocenters. The van der Waals surface area contributed by atoms with Gasteiger partial charge < -0.3 is 50.2 Å². The topological polar surface area (TPSA) is 243 Å². The van der Waals surface area contributed by atoms with Gasteiger partial charge in [0.15, 0.2) is 5.82 Å². The van der Waals surface area contributed by atoms with Gasteiger partial charge in [-0.2, -0.15) is 0 Å². The first-order valence-corrected chi connectivity index (χ1v) is 19.7. The molecule has 6 heterocycles. The number of alkyl carbamates (subject to hydrolysis) is 1. The van der Waals surface area contributed by atoms with Crippen molar-refractivity contribution in [2.24, 2.45) is 11.8 Å². The molecule has 304 valence electrons. The highest BCUT2D eigenvalue weighted by atomic mass is 16.5. The summed E-state index contributed by atoms with van der Waals surface area (Å²) in [5.74, 6) is 1.38. The van der Waals surface area contributed by atoms with Crippen LogP contribution in [0.2, 0.25) is 0 Å². The van der Waals surface area contributed by atoms with Crippen LogP contribution in [0.4, 0.5) is 4.79 Å². The first-order valence-electron chi connectivity index (χ1n) is 19.7. The zero-order chi connectivity index (χ0) is 40.8. The quantitative estimate of drug-likeness (QED) is 0.0986. The SMILES string of the molecule is COC(=O)NC(C(=O)N1CCCC1c1ncc(-c2nc3cc4nc(-c5ccc6nc(C7CCCN7C(=O)C(NC(=O)CO)C(C)C)[nH]c6c5)[nH]c4cc3[nH]2)[nH]1)C(C)C. The zero-order valence-corrected chi connectivity index (χ0v) is 33.0. The van der Waals surface area contributed by atoms with Gasteiger partial charge in [0.2, 0.25) is 17.7 Å². The number of likely N-dealkylation sites (tertiary alicyclic amines) is 2. The predicted octanol–water partition coefficient (Wildman–Crippen LogP) is 4.21. The maximum absolute atomic E-state index is 13.6. The van der Waals surface area contributed by atoms with Crippen LogP contribution in [0, 0.1) is 11.8 Å². The van der Waals surface area contributed by atoms with Gasteiger partial charge >= 0.3 is 6.09 Å². The first kappa shape index (κ1) is 38.6. The van der Waals surface area contributed by atoms with Gasteiger partial charge in [-0.1, -0.05) is 27.7 Å². The predicted molar refractivity (Wildman–Crippen MR) is 214 cm³/mol. The molecule has 4 atom stereocenters. The van der Waals surface area contributed by atoms with E-state index in [0.717, 1.165) is 64.3 Å². The Morgan fingerprint density at radius 3 is 2.00 bits per heavy atom. The lowest BCUT2D eigenvalue weighted by molar-refractivity contribution is -0.139. The van der Waals surface area contributed by atoms with Crippen molar-refractivity contribution in [3.05, 3.63) is 48.2 Å². The van der Waals surface area contributed by atoms with Crippen molar-refractivity contribution in [2.45, 2.75) is 77.5 Å². The van der Waals surface area contributed by atoms with Crippen LogP contribution in [0.5, 0.6) is 0 Å². The number of amides is 4. The lowest BCUT2D eigenvalue weighted by atomic mass is 10.0. The number of methoxy groups -OCH3 is 1. The van der Waals surface area contributed by atoms with Crippen molar-refractivity contribution >= 4 is 56.9 Å². The van der Waals surface area contributed by atoms with Crippen molar-refractivity contribution in [3.63, 3.8) is 0 Å². The lowest BCUT2D eigenvalue weighted by Gasteiger charge is -2.30. The molecular weight excluding hydrogens is 745 g/mol. The number of rotatable bonds is 11. The molecule has 7 N–H and O–H groups in total. The van der Waals surface area contributed by atoms with Gasteiger partial charge in [0.05, 0.1) is 58.5 Å². The van der Waals surface area contributed by atoms with E-state index in [4.69, 9.17) is 19.7 Å². The average Bonchev–Trinajstić information content (AvgIpc) is 4.06. The van der Waals surface area contributed by atoms with E-state index in [9.17, 15) is 24.3 Å². The number of fused-ring (bicyclic) bond motifs is 3. The maximum atomic E-state index is 13.6. The van der Waals surface area contributed by atoms with Gasteiger partial charge in [0.25, 0.3) is 0 Å². The molecule has 58 heavy (non-hydrogen) atoms. The van der Waals surface area contributed by atoms with Crippen LogP contribution in [-0.2, 0) is 19.1 Å². The van der Waals surface area contributed by atoms with Crippen molar-refractivity contribution in [1.29, 1.82) is 0 Å². The molecule has 0 radical (unpaired) electrons. The fourth-order valence-electron chi connectivity index (χ4n) is 8.16. The lowest BCUT2D eigenvalue weighted by Crippen LogP contribution is -2.51. The van der Waals surface area contributed by atoms with E-state index < -0.39 is 30.7 Å². The monoisotopic (exact) mass is 792 g/mol. The van der Waals surface area contributed by atoms with E-state index in [2.05, 4.69) is 35.6 Å². The van der Waals surface area contributed by atoms with E-state index in [1.807, 2.05) is 58.0 Å². The number of benzene rings is 2. The molecule has 2 saturated heterocycles. The number of hydrogen-bond donors (Lipinski definition) is 7. The second-order valence-corrected chi connectivity index (χ2v) is 15.8. The summed E-state index contributed by atoms with van der Waals surface area (Å²) < 4.78 is 4.75. The Morgan fingerprint density at radius 1 is 0.759 bits per heavy atom. The number of hydrogen-bond acceptors (Lipinski definition) is 10. The summed E-state index contributed by atoms with van der Waals surface area (Å²) in [5.41, 5.74) is 6.20. The molecule has 0 aliphatic carbocycles. The van der Waals surface area contributed by atoms with Crippen LogP contribution in [0.1, 0.15) is 77.1 Å². The van der Waals surface area contributed by atoms with E-state index in [-0.39, 0.29) is 35.7 Å². The second-order valence-electron chi connectivity index (χ2n) is 15.8. The van der Waals surface area contributed by atoms with Crippen molar-refractivity contribution < 1.29 is 29.0 Å². The van der Waals surface area contributed by atoms with E-state index >= 15 is 0 Å². The number of imidazole rings is 4. The summed E-state index contributed by atoms with van der Waals surface area (Å²) in [7, 11) is 1.28. The van der Waals surface area contributed by atoms with Gasteiger partial charge in [0, 0.05) is 18.7 Å². The van der Waals surface area contributed by atoms with Crippen LogP contribution in [0.15, 0.2) is 36.5 Å². The number of carbonyl (C=O) groups excluding carboxylic acids is 4. The van der Waals surface area contributed by atoms with Crippen LogP contribution in [0.3, 0.4) is 0 Å². The molecule has 18 nitrogen and oxygen atoms in total. The van der Waals surface area contributed by atoms with Gasteiger partial charge in [-0.05, 0) is 67.9 Å². The molecule has 4 amide bonds. The van der Waals surface area contributed by atoms with Crippen molar-refractivity contribution in [1.82, 2.24) is 60.3 Å². The van der Waals surface area contributed by atoms with Crippen LogP contribution >= 0.6 is 0 Å². The summed E-state index contributed by atoms with van der Waals surface area (Å²) >= 11 is 0. The molecule has 2 fully saturated rings. The Bertz CT molecular complexity index is 2460. The molecule has 4 aromatic heterocycles. The number of aliphatic hydroxyl groups is 1. The Labute approximate surface area is 332 Å². The number of carbonyl (C=O) groups is 4. The largest absolute Gasteiger partial charge is 0.453 e. The van der Waals surface area contributed by atoms with Crippen LogP contribution in [-0.4, -0.2) is 117 Å². The number of ether oxygens (including phenoxy) is 1. The molecule has 18 heteroatoms. The van der Waals surface area contributed by atoms with E-state index in [1.54, 1.807) is 16.0 Å². The summed E-state index contributed by atoms with van der Waals surface area (Å²) in [4.78, 5) is 87.6. The summed E-state index contributed by atoms with van der Waals surface area (Å²) in [6, 6.07) is 7.76. The summed E-state index contributed by atoms with van der Waals surface area (Å²) in [5, 5.41) is 14.6. The van der Waals surface area contributed by atoms with E-state index in [1.165, 1.54) is 7.11 Å². The second kappa shape index (κ2) is 15.6. The molecular formula is C40H48N12O6. The molecule has 0 bridgehead atoms. The number of aliphatic hydroxyl groups excluding tert-OH is 1. The number of nitrogens with one attached hydrogen (secondary N) is 6. The Hall–Kier alpha value is -6.30. The number of aromatic nitrogens is 8. The first-order chi connectivity index (χ1) is 27.9. The Kier molecular flexibility index (Phi) is 10.3. The highest BCUT2D eigenvalue weighted by Gasteiger charge is 2.39. The average molecular weight is 793 g/mol. The summed E-state index contributed by atoms with van der Waals surface area (Å²) in [6.07, 6.45) is 4.17. The van der Waals surface area contributed by atoms with E-state index in [0.29, 0.717) is 42.1 Å². The van der Waals surface area contributed by atoms with Crippen LogP contribution < -0.4 is 10.6 Å². The van der Waals surface area contributed by atoms with Crippen molar-refractivity contribution in [3.8, 4) is 22.9 Å². The van der Waals surface area contributed by atoms with Gasteiger partial charge in [-0.3, -0.25) is 14.4 Å². The van der Waals surface area contributed by atoms with Crippen LogP contribution in [0.25, 0.3) is 56.0 Å². The smallest absolute Gasteiger partial charge is 0.407 e. The minimum absolute atomic E-state index is 0.130. The van der Waals surface area contributed by atoms with Crippen molar-refractivity contribution in [2.75, 3.05) is 26.8 Å². The molecule has 0 spiro atoms. The Morgan fingerprint density at radius 2 is 1.36 bits per heavy atom. The molecule has 8 rings (SSSR count). The third-order valence-electron chi connectivity index (χ3n) is 11.2. The number of H-pyrrole nitrogens is 4. The summed E-state index contributed by atoms with van der Waals surface area (Å²) in [6.45, 7) is 7.94. The fraction of sp³-hybridized carbons (Fsp3) is 0.450. The minimum Gasteiger partial charge on any atom is -0.453 e. The molecule has 2 aliphatic heterocycles. The molecule has 0 saturated carbocycles. The van der Waals surface area contributed by atoms with Gasteiger partial charge in [0.1, 0.15) is 41.9 Å². The highest BCUT2D eigenvalue weighted by Crippen LogP contribution is 2.35. The molecule has 2 aliphatic rings. The molecule has 6 aromatic rings. The molecule has 2 aromatic carbocycles. The Balaban J connectivity index is 0.995. The fourth-order valence-corrected chi connectivity index (χ4v) is 8.16. The maximum Gasteiger partial charge on any atom is 0.407 e. The zero-order valence-electron chi connectivity index (χ0n) is 33.0. The van der Waals surface area contributed by atoms with Gasteiger partial charge in [-0.25, -0.2) is 24.7 Å². The minimum atomic E-state index is -0.744. The standard InChI is InChI=1S/C40H48N12O6/c1-19(2)32(49-31(54)18-53)38(55)52-13-7-9-30(52)37-42-22-11-10-21(14-23(22)47-37)34-43-24-15-26-27(16-25(24)44-34)46-35(45-26)28-17-41-36(48-28)29-8-6-12-51(29)39(56)33(20(3)4)50-40(57)58-5/h10-11,14-17,19-20,29-30,32-33,53H,6-9,12-13,18H2,1-5H3,(H,41,48)(H,42,47)(H,43,44)(H,45,46)(H,49,54)(H,50,57). The highest BCUT2D eigenvalue weighted by molar-refractivity contribution is 5.94. The normalized spacial score (nSPS) is 18.2. The third kappa shape index (κ3) is 7.23. The number of aromatic amines is 4. The van der Waals surface area contributed by atoms with Gasteiger partial charge in [-0.15, -0.1) is 0 Å². The third-order valence-corrected chi connectivity index (χ3v) is 11.2.